The molecule has 2 heterocycles. The first kappa shape index (κ1) is 16.8. The molecule has 0 saturated carbocycles. The van der Waals surface area contributed by atoms with Gasteiger partial charge in [-0.3, -0.25) is 4.79 Å². The second-order valence-corrected chi connectivity index (χ2v) is 6.34. The summed E-state index contributed by atoms with van der Waals surface area (Å²) in [6.45, 7) is 9.60. The van der Waals surface area contributed by atoms with Gasteiger partial charge in [0.05, 0.1) is 0 Å². The molecule has 1 aromatic heterocycles. The number of furan rings is 1. The van der Waals surface area contributed by atoms with Crippen molar-refractivity contribution in [3.05, 3.63) is 65.3 Å². The summed E-state index contributed by atoms with van der Waals surface area (Å²) in [6, 6.07) is 8.35. The highest BCUT2D eigenvalue weighted by Crippen LogP contribution is 2.31. The van der Waals surface area contributed by atoms with Crippen LogP contribution in [0.5, 0.6) is 0 Å². The van der Waals surface area contributed by atoms with Crippen LogP contribution in [0.2, 0.25) is 0 Å². The molecule has 2 atom stereocenters. The Morgan fingerprint density at radius 1 is 1.20 bits per heavy atom. The van der Waals surface area contributed by atoms with E-state index in [0.717, 1.165) is 16.8 Å². The zero-order valence-electron chi connectivity index (χ0n) is 14.5. The topological polar surface area (TPSA) is 83.4 Å². The van der Waals surface area contributed by atoms with Crippen LogP contribution in [0.4, 0.5) is 10.5 Å². The SMILES string of the molecule is C=C1NC(=O)N[C@H](c2ccc(C)o2)[C@@H]1C(=O)Nc1ccc(C)cc1C. The van der Waals surface area contributed by atoms with Crippen LogP contribution in [0.15, 0.2) is 47.0 Å². The smallest absolute Gasteiger partial charge is 0.319 e. The van der Waals surface area contributed by atoms with Crippen molar-refractivity contribution in [3.8, 4) is 0 Å². The first-order chi connectivity index (χ1) is 11.8. The minimum Gasteiger partial charge on any atom is -0.464 e. The summed E-state index contributed by atoms with van der Waals surface area (Å²) in [5, 5.41) is 8.26. The van der Waals surface area contributed by atoms with Gasteiger partial charge in [0.2, 0.25) is 5.91 Å². The fraction of sp³-hybridized carbons (Fsp3) is 0.263. The molecule has 0 spiro atoms. The van der Waals surface area contributed by atoms with Gasteiger partial charge in [0.15, 0.2) is 0 Å². The molecule has 1 fully saturated rings. The lowest BCUT2D eigenvalue weighted by atomic mass is 9.91. The normalized spacial score (nSPS) is 20.0. The second-order valence-electron chi connectivity index (χ2n) is 6.34. The van der Waals surface area contributed by atoms with E-state index < -0.39 is 18.0 Å². The number of carbonyl (C=O) groups excluding carboxylic acids is 2. The Morgan fingerprint density at radius 3 is 2.60 bits per heavy atom. The molecular formula is C19H21N3O3. The van der Waals surface area contributed by atoms with E-state index >= 15 is 0 Å². The minimum atomic E-state index is -0.691. The van der Waals surface area contributed by atoms with Gasteiger partial charge in [0, 0.05) is 11.4 Å². The van der Waals surface area contributed by atoms with Gasteiger partial charge in [0.25, 0.3) is 0 Å². The van der Waals surface area contributed by atoms with E-state index in [2.05, 4.69) is 22.5 Å². The van der Waals surface area contributed by atoms with Crippen molar-refractivity contribution in [2.75, 3.05) is 5.32 Å². The predicted molar refractivity (Wildman–Crippen MR) is 95.0 cm³/mol. The van der Waals surface area contributed by atoms with Crippen molar-refractivity contribution in [2.24, 2.45) is 5.92 Å². The zero-order chi connectivity index (χ0) is 18.1. The molecule has 1 aliphatic heterocycles. The number of benzene rings is 1. The van der Waals surface area contributed by atoms with Crippen LogP contribution in [0.1, 0.15) is 28.7 Å². The number of carbonyl (C=O) groups is 2. The van der Waals surface area contributed by atoms with Crippen molar-refractivity contribution in [3.63, 3.8) is 0 Å². The first-order valence-corrected chi connectivity index (χ1v) is 8.06. The zero-order valence-corrected chi connectivity index (χ0v) is 14.5. The minimum absolute atomic E-state index is 0.261. The van der Waals surface area contributed by atoms with Gasteiger partial charge in [-0.15, -0.1) is 0 Å². The van der Waals surface area contributed by atoms with Gasteiger partial charge in [-0.2, -0.15) is 0 Å². The Bertz CT molecular complexity index is 853. The van der Waals surface area contributed by atoms with Crippen LogP contribution >= 0.6 is 0 Å². The third-order valence-corrected chi connectivity index (χ3v) is 4.26. The van der Waals surface area contributed by atoms with Crippen molar-refractivity contribution in [2.45, 2.75) is 26.8 Å². The molecule has 3 N–H and O–H groups in total. The molecule has 1 aromatic carbocycles. The van der Waals surface area contributed by atoms with E-state index in [-0.39, 0.29) is 5.91 Å². The summed E-state index contributed by atoms with van der Waals surface area (Å²) in [5.74, 6) is 0.281. The Labute approximate surface area is 146 Å². The van der Waals surface area contributed by atoms with Gasteiger partial charge in [0.1, 0.15) is 23.5 Å². The molecule has 1 saturated heterocycles. The second kappa shape index (κ2) is 6.47. The molecule has 6 heteroatoms. The van der Waals surface area contributed by atoms with E-state index in [0.29, 0.717) is 17.2 Å². The standard InChI is InChI=1S/C19H21N3O3/c1-10-5-7-14(11(2)9-10)21-18(23)16-13(4)20-19(24)22-17(16)15-8-6-12(3)25-15/h5-9,16-17H,4H2,1-3H3,(H,21,23)(H2,20,22,24)/t16-,17-/m1/s1. The molecule has 0 bridgehead atoms. The largest absolute Gasteiger partial charge is 0.464 e. The molecule has 2 aromatic rings. The van der Waals surface area contributed by atoms with Crippen LogP contribution in [0.25, 0.3) is 0 Å². The van der Waals surface area contributed by atoms with Crippen LogP contribution < -0.4 is 16.0 Å². The molecule has 25 heavy (non-hydrogen) atoms. The third kappa shape index (κ3) is 3.42. The fourth-order valence-corrected chi connectivity index (χ4v) is 3.02. The van der Waals surface area contributed by atoms with Gasteiger partial charge >= 0.3 is 6.03 Å². The van der Waals surface area contributed by atoms with E-state index in [4.69, 9.17) is 4.42 Å². The third-order valence-electron chi connectivity index (χ3n) is 4.26. The number of aryl methyl sites for hydroxylation is 3. The van der Waals surface area contributed by atoms with Crippen LogP contribution in [-0.4, -0.2) is 11.9 Å². The number of nitrogens with one attached hydrogen (secondary N) is 3. The molecule has 3 rings (SSSR count). The van der Waals surface area contributed by atoms with Crippen LogP contribution in [-0.2, 0) is 4.79 Å². The lowest BCUT2D eigenvalue weighted by Crippen LogP contribution is -2.51. The number of urea groups is 1. The maximum absolute atomic E-state index is 12.9. The summed E-state index contributed by atoms with van der Waals surface area (Å²) in [5.41, 5.74) is 3.16. The Balaban J connectivity index is 1.89. The van der Waals surface area contributed by atoms with Gasteiger partial charge < -0.3 is 20.4 Å². The fourth-order valence-electron chi connectivity index (χ4n) is 3.02. The van der Waals surface area contributed by atoms with Crippen LogP contribution in [0, 0.1) is 26.7 Å². The molecular weight excluding hydrogens is 318 g/mol. The highest BCUT2D eigenvalue weighted by molar-refractivity contribution is 5.97. The van der Waals surface area contributed by atoms with E-state index in [1.165, 1.54) is 0 Å². The number of hydrogen-bond donors (Lipinski definition) is 3. The average molecular weight is 339 g/mol. The molecule has 6 nitrogen and oxygen atoms in total. The average Bonchev–Trinajstić information content (AvgIpc) is 2.95. The predicted octanol–water partition coefficient (Wildman–Crippen LogP) is 3.33. The molecule has 130 valence electrons. The van der Waals surface area contributed by atoms with Crippen molar-refractivity contribution in [1.29, 1.82) is 0 Å². The Kier molecular flexibility index (Phi) is 4.35. The maximum atomic E-state index is 12.9. The quantitative estimate of drug-likeness (QED) is 0.802. The molecule has 0 unspecified atom stereocenters. The first-order valence-electron chi connectivity index (χ1n) is 8.06. The lowest BCUT2D eigenvalue weighted by Gasteiger charge is -2.32. The Hall–Kier alpha value is -3.02. The maximum Gasteiger partial charge on any atom is 0.319 e. The van der Waals surface area contributed by atoms with Gasteiger partial charge in [-0.25, -0.2) is 4.79 Å². The van der Waals surface area contributed by atoms with E-state index in [1.54, 1.807) is 12.1 Å². The summed E-state index contributed by atoms with van der Waals surface area (Å²) >= 11 is 0. The highest BCUT2D eigenvalue weighted by atomic mass is 16.3. The summed E-state index contributed by atoms with van der Waals surface area (Å²) in [7, 11) is 0. The van der Waals surface area contributed by atoms with E-state index in [1.807, 2.05) is 39.0 Å². The van der Waals surface area contributed by atoms with Crippen molar-refractivity contribution in [1.82, 2.24) is 10.6 Å². The molecule has 3 amide bonds. The summed E-state index contributed by atoms with van der Waals surface area (Å²) < 4.78 is 5.63. The van der Waals surface area contributed by atoms with Gasteiger partial charge in [-0.05, 0) is 44.5 Å². The monoisotopic (exact) mass is 339 g/mol. The summed E-state index contributed by atoms with van der Waals surface area (Å²) in [4.78, 5) is 24.7. The Morgan fingerprint density at radius 2 is 1.96 bits per heavy atom. The molecule has 0 aliphatic carbocycles. The van der Waals surface area contributed by atoms with Crippen molar-refractivity contribution >= 4 is 17.6 Å². The number of hydrogen-bond acceptors (Lipinski definition) is 3. The number of rotatable bonds is 3. The number of amides is 3. The number of anilines is 1. The highest BCUT2D eigenvalue weighted by Gasteiger charge is 2.39. The molecule has 0 radical (unpaired) electrons. The summed E-state index contributed by atoms with van der Waals surface area (Å²) in [6.07, 6.45) is 0. The van der Waals surface area contributed by atoms with Crippen molar-refractivity contribution < 1.29 is 14.0 Å². The van der Waals surface area contributed by atoms with E-state index in [9.17, 15) is 9.59 Å². The van der Waals surface area contributed by atoms with Crippen LogP contribution in [0.3, 0.4) is 0 Å². The van der Waals surface area contributed by atoms with Gasteiger partial charge in [-0.1, -0.05) is 24.3 Å². The molecule has 1 aliphatic rings. The lowest BCUT2D eigenvalue weighted by molar-refractivity contribution is -0.120.